The third-order valence-electron chi connectivity index (χ3n) is 6.35. The Morgan fingerprint density at radius 3 is 2.57 bits per heavy atom. The number of aliphatic hydroxyl groups excluding tert-OH is 1. The second kappa shape index (κ2) is 11.7. The van der Waals surface area contributed by atoms with E-state index in [2.05, 4.69) is 27.4 Å². The van der Waals surface area contributed by atoms with Crippen LogP contribution in [-0.2, 0) is 16.1 Å². The predicted molar refractivity (Wildman–Crippen MR) is 141 cm³/mol. The number of hydrogen-bond acceptors (Lipinski definition) is 7. The van der Waals surface area contributed by atoms with E-state index in [4.69, 9.17) is 9.47 Å². The van der Waals surface area contributed by atoms with E-state index in [1.165, 1.54) is 6.33 Å². The largest absolute Gasteiger partial charge is 0.392 e. The van der Waals surface area contributed by atoms with Gasteiger partial charge in [0.05, 0.1) is 18.8 Å². The number of benzene rings is 3. The highest BCUT2D eigenvalue weighted by molar-refractivity contribution is 7.99. The van der Waals surface area contributed by atoms with Crippen LogP contribution in [0.25, 0.3) is 0 Å². The van der Waals surface area contributed by atoms with E-state index >= 15 is 0 Å². The number of aromatic amines is 1. The molecule has 5 rings (SSSR count). The van der Waals surface area contributed by atoms with Crippen molar-refractivity contribution >= 4 is 23.4 Å². The van der Waals surface area contributed by atoms with Crippen molar-refractivity contribution in [2.75, 3.05) is 11.1 Å². The van der Waals surface area contributed by atoms with Crippen molar-refractivity contribution in [1.82, 2.24) is 15.2 Å². The summed E-state index contributed by atoms with van der Waals surface area (Å²) in [5, 5.41) is 19.9. The Hall–Kier alpha value is -3.50. The Bertz CT molecular complexity index is 1300. The van der Waals surface area contributed by atoms with Crippen molar-refractivity contribution < 1.29 is 19.4 Å². The molecule has 1 fully saturated rings. The second-order valence-corrected chi connectivity index (χ2v) is 9.88. The summed E-state index contributed by atoms with van der Waals surface area (Å²) in [5.74, 6) is 0.527. The Labute approximate surface area is 219 Å². The highest BCUT2D eigenvalue weighted by Gasteiger charge is 2.38. The molecular weight excluding hydrogens is 488 g/mol. The molecule has 1 aromatic heterocycles. The normalized spacial score (nSPS) is 21.5. The molecule has 4 aromatic rings. The predicted octanol–water partition coefficient (Wildman–Crippen LogP) is 5.13. The van der Waals surface area contributed by atoms with Crippen LogP contribution in [0.15, 0.2) is 90.3 Å². The summed E-state index contributed by atoms with van der Waals surface area (Å²) in [6.07, 6.45) is 0.487. The van der Waals surface area contributed by atoms with Gasteiger partial charge in [-0.2, -0.15) is 5.10 Å². The Morgan fingerprint density at radius 2 is 1.84 bits per heavy atom. The number of carbonyl (C=O) groups excluding carboxylic acids is 1. The average Bonchev–Trinajstić information content (AvgIpc) is 3.47. The van der Waals surface area contributed by atoms with Gasteiger partial charge in [-0.3, -0.25) is 9.89 Å². The Morgan fingerprint density at radius 1 is 1.03 bits per heavy atom. The maximum Gasteiger partial charge on any atom is 0.255 e. The van der Waals surface area contributed by atoms with Gasteiger partial charge in [0.25, 0.3) is 5.91 Å². The van der Waals surface area contributed by atoms with Crippen molar-refractivity contribution in [2.24, 2.45) is 5.92 Å². The first kappa shape index (κ1) is 25.2. The van der Waals surface area contributed by atoms with E-state index in [1.54, 1.807) is 23.9 Å². The number of hydrogen-bond donors (Lipinski definition) is 3. The molecule has 4 atom stereocenters. The van der Waals surface area contributed by atoms with E-state index in [0.717, 1.165) is 21.8 Å². The molecular formula is C28H28N4O4S. The summed E-state index contributed by atoms with van der Waals surface area (Å²) in [7, 11) is 0. The molecule has 3 aromatic carbocycles. The molecule has 0 spiro atoms. The maximum absolute atomic E-state index is 12.7. The lowest BCUT2D eigenvalue weighted by Crippen LogP contribution is -2.38. The number of H-pyrrole nitrogens is 1. The molecule has 1 amide bonds. The fourth-order valence-electron chi connectivity index (χ4n) is 4.29. The molecule has 190 valence electrons. The minimum atomic E-state index is -0.632. The van der Waals surface area contributed by atoms with Crippen LogP contribution in [0, 0.1) is 5.92 Å². The minimum absolute atomic E-state index is 0.00889. The molecule has 3 N–H and O–H groups in total. The fourth-order valence-corrected chi connectivity index (χ4v) is 5.23. The highest BCUT2D eigenvalue weighted by atomic mass is 32.2. The van der Waals surface area contributed by atoms with Crippen molar-refractivity contribution in [2.45, 2.75) is 37.2 Å². The van der Waals surface area contributed by atoms with E-state index in [0.29, 0.717) is 17.0 Å². The summed E-state index contributed by atoms with van der Waals surface area (Å²) in [4.78, 5) is 16.9. The molecule has 0 radical (unpaired) electrons. The number of amides is 1. The first-order chi connectivity index (χ1) is 18.1. The number of anilines is 1. The topological polar surface area (TPSA) is 109 Å². The lowest BCUT2D eigenvalue weighted by Gasteiger charge is -2.41. The van der Waals surface area contributed by atoms with Crippen LogP contribution in [-0.4, -0.2) is 38.1 Å². The third-order valence-corrected chi connectivity index (χ3v) is 7.32. The monoisotopic (exact) mass is 516 g/mol. The number of nitrogens with one attached hydrogen (secondary N) is 2. The van der Waals surface area contributed by atoms with Crippen LogP contribution in [0.5, 0.6) is 0 Å². The van der Waals surface area contributed by atoms with Crippen molar-refractivity contribution in [3.8, 4) is 0 Å². The van der Waals surface area contributed by atoms with Crippen molar-refractivity contribution in [3.05, 3.63) is 107 Å². The summed E-state index contributed by atoms with van der Waals surface area (Å²) < 4.78 is 13.0. The average molecular weight is 517 g/mol. The lowest BCUT2D eigenvalue weighted by atomic mass is 9.91. The van der Waals surface area contributed by atoms with Gasteiger partial charge in [-0.1, -0.05) is 73.3 Å². The van der Waals surface area contributed by atoms with Gasteiger partial charge in [-0.25, -0.2) is 4.98 Å². The van der Waals surface area contributed by atoms with Crippen LogP contribution in [0.2, 0.25) is 0 Å². The number of aromatic nitrogens is 3. The van der Waals surface area contributed by atoms with Gasteiger partial charge in [0, 0.05) is 28.5 Å². The number of carbonyl (C=O) groups is 1. The number of ether oxygens (including phenoxy) is 2. The van der Waals surface area contributed by atoms with Gasteiger partial charge < -0.3 is 19.9 Å². The van der Waals surface area contributed by atoms with Gasteiger partial charge in [0.1, 0.15) is 6.33 Å². The van der Waals surface area contributed by atoms with E-state index in [-0.39, 0.29) is 30.6 Å². The summed E-state index contributed by atoms with van der Waals surface area (Å²) in [6.45, 7) is 2.11. The third kappa shape index (κ3) is 6.08. The zero-order valence-corrected chi connectivity index (χ0v) is 21.1. The van der Waals surface area contributed by atoms with Crippen LogP contribution in [0.4, 0.5) is 5.69 Å². The molecule has 1 aliphatic rings. The molecule has 2 heterocycles. The Balaban J connectivity index is 1.38. The SMILES string of the molecule is CC1C(CSc2ncn[nH]2)OC(c2cccc(NC(=O)c3ccccc3)c2)OC1c1ccc(CO)cc1. The molecule has 0 bridgehead atoms. The maximum atomic E-state index is 12.7. The zero-order valence-electron chi connectivity index (χ0n) is 20.3. The van der Waals surface area contributed by atoms with Crippen LogP contribution < -0.4 is 5.32 Å². The number of rotatable bonds is 8. The van der Waals surface area contributed by atoms with Crippen molar-refractivity contribution in [1.29, 1.82) is 0 Å². The van der Waals surface area contributed by atoms with Crippen LogP contribution in [0.3, 0.4) is 0 Å². The smallest absolute Gasteiger partial charge is 0.255 e. The summed E-state index contributed by atoms with van der Waals surface area (Å²) in [5.41, 5.74) is 3.92. The molecule has 4 unspecified atom stereocenters. The first-order valence-electron chi connectivity index (χ1n) is 12.1. The van der Waals surface area contributed by atoms with E-state index in [1.807, 2.05) is 66.7 Å². The minimum Gasteiger partial charge on any atom is -0.392 e. The van der Waals surface area contributed by atoms with Crippen LogP contribution >= 0.6 is 11.8 Å². The van der Waals surface area contributed by atoms with Gasteiger partial charge in [-0.15, -0.1) is 0 Å². The molecule has 1 aliphatic heterocycles. The molecule has 0 saturated carbocycles. The van der Waals surface area contributed by atoms with Crippen molar-refractivity contribution in [3.63, 3.8) is 0 Å². The van der Waals surface area contributed by atoms with Gasteiger partial charge >= 0.3 is 0 Å². The number of aliphatic hydroxyl groups is 1. The molecule has 37 heavy (non-hydrogen) atoms. The van der Waals surface area contributed by atoms with Gasteiger partial charge in [0.15, 0.2) is 11.4 Å². The van der Waals surface area contributed by atoms with Crippen LogP contribution in [0.1, 0.15) is 46.4 Å². The first-order valence-corrected chi connectivity index (χ1v) is 13.0. The molecule has 9 heteroatoms. The van der Waals surface area contributed by atoms with E-state index in [9.17, 15) is 9.90 Å². The number of nitrogens with zero attached hydrogens (tertiary/aromatic N) is 2. The number of thioether (sulfide) groups is 1. The zero-order chi connectivity index (χ0) is 25.6. The van der Waals surface area contributed by atoms with Gasteiger partial charge in [-0.05, 0) is 35.4 Å². The molecule has 0 aliphatic carbocycles. The summed E-state index contributed by atoms with van der Waals surface area (Å²) >= 11 is 1.55. The Kier molecular flexibility index (Phi) is 7.96. The fraction of sp³-hybridized carbons (Fsp3) is 0.250. The van der Waals surface area contributed by atoms with Gasteiger partial charge in [0.2, 0.25) is 0 Å². The lowest BCUT2D eigenvalue weighted by molar-refractivity contribution is -0.268. The molecule has 1 saturated heterocycles. The standard InChI is InChI=1S/C28H28N4O4S/c1-18-24(16-37-28-29-17-30-32-28)35-27(36-25(18)20-12-10-19(15-33)11-13-20)22-8-5-9-23(14-22)31-26(34)21-6-3-2-4-7-21/h2-14,17-18,24-25,27,33H,15-16H2,1H3,(H,31,34)(H,29,30,32). The second-order valence-electron chi connectivity index (χ2n) is 8.87. The molecule has 8 nitrogen and oxygen atoms in total. The van der Waals surface area contributed by atoms with E-state index < -0.39 is 6.29 Å². The summed E-state index contributed by atoms with van der Waals surface area (Å²) in [6, 6.07) is 24.4. The quantitative estimate of drug-likeness (QED) is 0.279. The highest BCUT2D eigenvalue weighted by Crippen LogP contribution is 2.43.